The van der Waals surface area contributed by atoms with Gasteiger partial charge in [-0.05, 0) is 33.6 Å². The van der Waals surface area contributed by atoms with Gasteiger partial charge in [-0.3, -0.25) is 14.9 Å². The highest BCUT2D eigenvalue weighted by atomic mass is 79.9. The van der Waals surface area contributed by atoms with Crippen molar-refractivity contribution in [1.82, 2.24) is 5.32 Å². The first-order chi connectivity index (χ1) is 7.08. The Bertz CT molecular complexity index is 496. The lowest BCUT2D eigenvalue weighted by Crippen LogP contribution is -2.21. The van der Waals surface area contributed by atoms with Gasteiger partial charge in [0.2, 0.25) is 0 Å². The molecule has 1 aliphatic heterocycles. The van der Waals surface area contributed by atoms with Gasteiger partial charge in [-0.1, -0.05) is 6.07 Å². The molecule has 2 rings (SSSR count). The third kappa shape index (κ3) is 1.83. The maximum atomic E-state index is 12.9. The molecule has 0 unspecified atom stereocenters. The number of amides is 2. The van der Waals surface area contributed by atoms with E-state index < -0.39 is 17.6 Å². The monoisotopic (exact) mass is 269 g/mol. The molecule has 0 spiro atoms. The van der Waals surface area contributed by atoms with E-state index in [2.05, 4.69) is 21.2 Å². The van der Waals surface area contributed by atoms with Crippen LogP contribution in [0, 0.1) is 5.82 Å². The molecule has 0 fully saturated rings. The minimum Gasteiger partial charge on any atom is -0.289 e. The van der Waals surface area contributed by atoms with Crippen LogP contribution in [-0.2, 0) is 9.59 Å². The maximum absolute atomic E-state index is 12.9. The molecule has 0 radical (unpaired) electrons. The molecule has 0 aliphatic carbocycles. The standard InChI is InChI=1S/C10H5BrFNO2/c11-7-3-5(1-2-8(7)12)6-4-9(14)13-10(6)15/h1-4H,(H,13,14,15). The lowest BCUT2D eigenvalue weighted by Gasteiger charge is -2.01. The molecular weight excluding hydrogens is 265 g/mol. The number of nitrogens with one attached hydrogen (secondary N) is 1. The quantitative estimate of drug-likeness (QED) is 0.788. The van der Waals surface area contributed by atoms with Crippen LogP contribution in [-0.4, -0.2) is 11.8 Å². The molecule has 5 heteroatoms. The van der Waals surface area contributed by atoms with Crippen LogP contribution in [0.2, 0.25) is 0 Å². The summed E-state index contributed by atoms with van der Waals surface area (Å²) < 4.78 is 13.2. The van der Waals surface area contributed by atoms with Crippen LogP contribution in [0.1, 0.15) is 5.56 Å². The Morgan fingerprint density at radius 3 is 2.53 bits per heavy atom. The van der Waals surface area contributed by atoms with E-state index in [9.17, 15) is 14.0 Å². The van der Waals surface area contributed by atoms with Crippen LogP contribution in [0.25, 0.3) is 5.57 Å². The molecule has 0 bridgehead atoms. The summed E-state index contributed by atoms with van der Waals surface area (Å²) in [6.45, 7) is 0. The maximum Gasteiger partial charge on any atom is 0.258 e. The summed E-state index contributed by atoms with van der Waals surface area (Å²) in [6, 6.07) is 4.14. The smallest absolute Gasteiger partial charge is 0.258 e. The molecule has 0 atom stereocenters. The van der Waals surface area contributed by atoms with Crippen LogP contribution in [0.3, 0.4) is 0 Å². The highest BCUT2D eigenvalue weighted by molar-refractivity contribution is 9.10. The van der Waals surface area contributed by atoms with Gasteiger partial charge >= 0.3 is 0 Å². The Morgan fingerprint density at radius 2 is 2.00 bits per heavy atom. The van der Waals surface area contributed by atoms with Crippen LogP contribution in [0.15, 0.2) is 28.7 Å². The van der Waals surface area contributed by atoms with Crippen molar-refractivity contribution in [3.05, 3.63) is 40.1 Å². The second kappa shape index (κ2) is 3.58. The SMILES string of the molecule is O=C1C=C(c2ccc(F)c(Br)c2)C(=O)N1. The van der Waals surface area contributed by atoms with E-state index in [-0.39, 0.29) is 10.0 Å². The Labute approximate surface area is 93.1 Å². The van der Waals surface area contributed by atoms with E-state index in [0.717, 1.165) is 0 Å². The second-order valence-corrected chi connectivity index (χ2v) is 3.86. The summed E-state index contributed by atoms with van der Waals surface area (Å²) in [6.07, 6.45) is 1.20. The predicted molar refractivity (Wildman–Crippen MR) is 55.2 cm³/mol. The van der Waals surface area contributed by atoms with Crippen LogP contribution >= 0.6 is 15.9 Å². The topological polar surface area (TPSA) is 46.2 Å². The largest absolute Gasteiger partial charge is 0.289 e. The number of carbonyl (C=O) groups excluding carboxylic acids is 2. The number of rotatable bonds is 1. The van der Waals surface area contributed by atoms with Gasteiger partial charge in [0.25, 0.3) is 11.8 Å². The molecule has 0 aromatic heterocycles. The summed E-state index contributed by atoms with van der Waals surface area (Å²) in [5.74, 6) is -1.32. The zero-order chi connectivity index (χ0) is 11.0. The molecule has 3 nitrogen and oxygen atoms in total. The van der Waals surface area contributed by atoms with Crippen molar-refractivity contribution < 1.29 is 14.0 Å². The zero-order valence-corrected chi connectivity index (χ0v) is 8.97. The third-order valence-corrected chi connectivity index (χ3v) is 2.60. The minimum absolute atomic E-state index is 0.251. The Balaban J connectivity index is 2.47. The third-order valence-electron chi connectivity index (χ3n) is 1.99. The summed E-state index contributed by atoms with van der Waals surface area (Å²) in [5, 5.41) is 2.12. The summed E-state index contributed by atoms with van der Waals surface area (Å²) in [4.78, 5) is 22.2. The van der Waals surface area contributed by atoms with Gasteiger partial charge in [0.05, 0.1) is 10.0 Å². The normalized spacial score (nSPS) is 15.2. The molecule has 1 aromatic rings. The van der Waals surface area contributed by atoms with Gasteiger partial charge < -0.3 is 0 Å². The molecule has 2 amide bonds. The number of halogens is 2. The van der Waals surface area contributed by atoms with Crippen LogP contribution < -0.4 is 5.32 Å². The number of hydrogen-bond donors (Lipinski definition) is 1. The van der Waals surface area contributed by atoms with E-state index in [4.69, 9.17) is 0 Å². The molecule has 0 saturated heterocycles. The molecule has 76 valence electrons. The van der Waals surface area contributed by atoms with E-state index >= 15 is 0 Å². The molecular formula is C10H5BrFNO2. The first-order valence-corrected chi connectivity index (χ1v) is 4.89. The molecule has 15 heavy (non-hydrogen) atoms. The lowest BCUT2D eigenvalue weighted by atomic mass is 10.1. The van der Waals surface area contributed by atoms with E-state index in [1.165, 1.54) is 24.3 Å². The van der Waals surface area contributed by atoms with Crippen molar-refractivity contribution >= 4 is 33.3 Å². The van der Waals surface area contributed by atoms with Crippen molar-refractivity contribution in [1.29, 1.82) is 0 Å². The van der Waals surface area contributed by atoms with Gasteiger partial charge in [-0.25, -0.2) is 4.39 Å². The van der Waals surface area contributed by atoms with Gasteiger partial charge in [0.1, 0.15) is 5.82 Å². The molecule has 1 aliphatic rings. The molecule has 0 saturated carbocycles. The van der Waals surface area contributed by atoms with Gasteiger partial charge in [-0.2, -0.15) is 0 Å². The predicted octanol–water partition coefficient (Wildman–Crippen LogP) is 1.63. The van der Waals surface area contributed by atoms with Crippen molar-refractivity contribution in [3.63, 3.8) is 0 Å². The Kier molecular flexibility index (Phi) is 2.40. The zero-order valence-electron chi connectivity index (χ0n) is 7.38. The van der Waals surface area contributed by atoms with E-state index in [0.29, 0.717) is 5.56 Å². The van der Waals surface area contributed by atoms with Gasteiger partial charge in [-0.15, -0.1) is 0 Å². The minimum atomic E-state index is -0.460. The number of hydrogen-bond acceptors (Lipinski definition) is 2. The highest BCUT2D eigenvalue weighted by Gasteiger charge is 2.22. The molecule has 1 heterocycles. The second-order valence-electron chi connectivity index (χ2n) is 3.01. The van der Waals surface area contributed by atoms with Gasteiger partial charge in [0, 0.05) is 6.08 Å². The summed E-state index contributed by atoms with van der Waals surface area (Å²) in [7, 11) is 0. The van der Waals surface area contributed by atoms with Crippen molar-refractivity contribution in [3.8, 4) is 0 Å². The summed E-state index contributed by atoms with van der Waals surface area (Å²) in [5.41, 5.74) is 0.757. The number of imide groups is 1. The molecule has 1 N–H and O–H groups in total. The highest BCUT2D eigenvalue weighted by Crippen LogP contribution is 2.23. The van der Waals surface area contributed by atoms with E-state index in [1.807, 2.05) is 0 Å². The number of benzene rings is 1. The fourth-order valence-corrected chi connectivity index (χ4v) is 1.67. The average molecular weight is 270 g/mol. The van der Waals surface area contributed by atoms with Crippen LogP contribution in [0.4, 0.5) is 4.39 Å². The van der Waals surface area contributed by atoms with Crippen molar-refractivity contribution in [2.45, 2.75) is 0 Å². The fraction of sp³-hybridized carbons (Fsp3) is 0. The van der Waals surface area contributed by atoms with Crippen molar-refractivity contribution in [2.24, 2.45) is 0 Å². The van der Waals surface area contributed by atoms with Crippen molar-refractivity contribution in [2.75, 3.05) is 0 Å². The summed E-state index contributed by atoms with van der Waals surface area (Å²) >= 11 is 3.01. The van der Waals surface area contributed by atoms with E-state index in [1.54, 1.807) is 0 Å². The van der Waals surface area contributed by atoms with Crippen LogP contribution in [0.5, 0.6) is 0 Å². The molecule has 1 aromatic carbocycles. The lowest BCUT2D eigenvalue weighted by molar-refractivity contribution is -0.123. The first-order valence-electron chi connectivity index (χ1n) is 4.10. The first kappa shape index (κ1) is 10.0. The average Bonchev–Trinajstić information content (AvgIpc) is 2.50. The Morgan fingerprint density at radius 1 is 1.27 bits per heavy atom. The van der Waals surface area contributed by atoms with Gasteiger partial charge in [0.15, 0.2) is 0 Å². The Hall–Kier alpha value is -1.49. The number of carbonyl (C=O) groups is 2. The fourth-order valence-electron chi connectivity index (χ4n) is 1.29.